The second-order valence-corrected chi connectivity index (χ2v) is 5.34. The summed E-state index contributed by atoms with van der Waals surface area (Å²) in [6, 6.07) is 0. The largest absolute Gasteiger partial charge is 0.396 e. The number of hydrogen-bond acceptors (Lipinski definition) is 5. The summed E-state index contributed by atoms with van der Waals surface area (Å²) in [5.41, 5.74) is 0.0151. The number of aliphatic hydroxyl groups is 1. The van der Waals surface area contributed by atoms with Gasteiger partial charge in [-0.05, 0) is 19.8 Å². The van der Waals surface area contributed by atoms with Crippen molar-refractivity contribution in [2.24, 2.45) is 0 Å². The molecule has 0 saturated carbocycles. The monoisotopic (exact) mass is 272 g/mol. The standard InChI is InChI=1S/C12H20N2O3S/c1-4-12(2,5-6-15)14-11(16)9-8-18-10(13-9)7-17-3/h8,15H,4-7H2,1-3H3,(H,14,16). The zero-order chi connectivity index (χ0) is 13.6. The molecule has 1 aromatic rings. The predicted octanol–water partition coefficient (Wildman–Crippen LogP) is 1.57. The lowest BCUT2D eigenvalue weighted by Gasteiger charge is -2.28. The Labute approximate surface area is 111 Å². The van der Waals surface area contributed by atoms with Crippen molar-refractivity contribution >= 4 is 17.2 Å². The molecule has 102 valence electrons. The van der Waals surface area contributed by atoms with Crippen LogP contribution in [0.2, 0.25) is 0 Å². The molecule has 1 heterocycles. The van der Waals surface area contributed by atoms with Gasteiger partial charge in [-0.2, -0.15) is 0 Å². The van der Waals surface area contributed by atoms with E-state index in [4.69, 9.17) is 9.84 Å². The molecule has 0 spiro atoms. The lowest BCUT2D eigenvalue weighted by molar-refractivity contribution is 0.0881. The summed E-state index contributed by atoms with van der Waals surface area (Å²) in [5, 5.41) is 14.4. The maximum atomic E-state index is 12.0. The quantitative estimate of drug-likeness (QED) is 0.790. The van der Waals surface area contributed by atoms with Crippen molar-refractivity contribution in [1.29, 1.82) is 0 Å². The molecule has 0 aliphatic heterocycles. The van der Waals surface area contributed by atoms with Crippen molar-refractivity contribution in [2.75, 3.05) is 13.7 Å². The van der Waals surface area contributed by atoms with Crippen LogP contribution >= 0.6 is 11.3 Å². The van der Waals surface area contributed by atoms with E-state index in [9.17, 15) is 4.79 Å². The molecule has 0 aromatic carbocycles. The number of carbonyl (C=O) groups is 1. The first-order valence-corrected chi connectivity index (χ1v) is 6.79. The number of carbonyl (C=O) groups excluding carboxylic acids is 1. The van der Waals surface area contributed by atoms with Crippen LogP contribution in [0.1, 0.15) is 42.2 Å². The molecule has 1 atom stereocenters. The predicted molar refractivity (Wildman–Crippen MR) is 70.7 cm³/mol. The summed E-state index contributed by atoms with van der Waals surface area (Å²) in [6.07, 6.45) is 1.29. The van der Waals surface area contributed by atoms with Gasteiger partial charge in [0.05, 0.1) is 6.61 Å². The minimum absolute atomic E-state index is 0.0522. The van der Waals surface area contributed by atoms with E-state index >= 15 is 0 Å². The van der Waals surface area contributed by atoms with Crippen LogP contribution in [0, 0.1) is 0 Å². The second kappa shape index (κ2) is 6.82. The molecule has 2 N–H and O–H groups in total. The number of amides is 1. The van der Waals surface area contributed by atoms with Crippen molar-refractivity contribution in [3.05, 3.63) is 16.1 Å². The molecule has 1 unspecified atom stereocenters. The van der Waals surface area contributed by atoms with Crippen LogP contribution in [-0.2, 0) is 11.3 Å². The topological polar surface area (TPSA) is 71.5 Å². The molecule has 18 heavy (non-hydrogen) atoms. The first kappa shape index (κ1) is 15.1. The van der Waals surface area contributed by atoms with Gasteiger partial charge in [0, 0.05) is 24.6 Å². The van der Waals surface area contributed by atoms with Gasteiger partial charge in [-0.1, -0.05) is 6.92 Å². The van der Waals surface area contributed by atoms with E-state index in [1.54, 1.807) is 12.5 Å². The molecule has 5 nitrogen and oxygen atoms in total. The van der Waals surface area contributed by atoms with Crippen LogP contribution in [0.3, 0.4) is 0 Å². The summed E-state index contributed by atoms with van der Waals surface area (Å²) in [5.74, 6) is -0.202. The molecule has 0 bridgehead atoms. The van der Waals surface area contributed by atoms with Crippen LogP contribution in [0.25, 0.3) is 0 Å². The maximum Gasteiger partial charge on any atom is 0.271 e. The van der Waals surface area contributed by atoms with Gasteiger partial charge in [-0.3, -0.25) is 4.79 Å². The number of nitrogens with zero attached hydrogens (tertiary/aromatic N) is 1. The molecule has 0 radical (unpaired) electrons. The lowest BCUT2D eigenvalue weighted by Crippen LogP contribution is -2.46. The van der Waals surface area contributed by atoms with E-state index in [1.165, 1.54) is 11.3 Å². The van der Waals surface area contributed by atoms with Gasteiger partial charge in [0.1, 0.15) is 10.7 Å². The highest BCUT2D eigenvalue weighted by molar-refractivity contribution is 7.09. The fourth-order valence-electron chi connectivity index (χ4n) is 1.52. The normalized spacial score (nSPS) is 14.2. The van der Waals surface area contributed by atoms with Gasteiger partial charge in [0.15, 0.2) is 0 Å². The third-order valence-electron chi connectivity index (χ3n) is 2.91. The Morgan fingerprint density at radius 2 is 2.39 bits per heavy atom. The van der Waals surface area contributed by atoms with Crippen LogP contribution < -0.4 is 5.32 Å². The lowest BCUT2D eigenvalue weighted by atomic mass is 9.95. The Bertz CT molecular complexity index is 394. The maximum absolute atomic E-state index is 12.0. The van der Waals surface area contributed by atoms with Gasteiger partial charge >= 0.3 is 0 Å². The third-order valence-corrected chi connectivity index (χ3v) is 3.73. The minimum atomic E-state index is -0.392. The summed E-state index contributed by atoms with van der Waals surface area (Å²) < 4.78 is 4.96. The smallest absolute Gasteiger partial charge is 0.271 e. The molecular weight excluding hydrogens is 252 g/mol. The average molecular weight is 272 g/mol. The molecule has 1 aromatic heterocycles. The number of aromatic nitrogens is 1. The Morgan fingerprint density at radius 3 is 2.94 bits per heavy atom. The zero-order valence-electron chi connectivity index (χ0n) is 11.0. The SMILES string of the molecule is CCC(C)(CCO)NC(=O)c1csc(COC)n1. The Hall–Kier alpha value is -0.980. The number of hydrogen-bond donors (Lipinski definition) is 2. The highest BCUT2D eigenvalue weighted by atomic mass is 32.1. The highest BCUT2D eigenvalue weighted by Crippen LogP contribution is 2.16. The van der Waals surface area contributed by atoms with Crippen molar-refractivity contribution in [1.82, 2.24) is 10.3 Å². The second-order valence-electron chi connectivity index (χ2n) is 4.40. The first-order chi connectivity index (χ1) is 8.54. The molecule has 1 amide bonds. The van der Waals surface area contributed by atoms with Gasteiger partial charge < -0.3 is 15.2 Å². The Kier molecular flexibility index (Phi) is 5.71. The van der Waals surface area contributed by atoms with E-state index in [1.807, 2.05) is 13.8 Å². The average Bonchev–Trinajstić information content (AvgIpc) is 2.78. The van der Waals surface area contributed by atoms with Crippen molar-refractivity contribution in [3.8, 4) is 0 Å². The molecule has 0 saturated heterocycles. The van der Waals surface area contributed by atoms with E-state index in [2.05, 4.69) is 10.3 Å². The van der Waals surface area contributed by atoms with Crippen molar-refractivity contribution in [3.63, 3.8) is 0 Å². The summed E-state index contributed by atoms with van der Waals surface area (Å²) in [7, 11) is 1.59. The molecule has 6 heteroatoms. The summed E-state index contributed by atoms with van der Waals surface area (Å²) >= 11 is 1.40. The van der Waals surface area contributed by atoms with Crippen LogP contribution in [-0.4, -0.2) is 35.3 Å². The zero-order valence-corrected chi connectivity index (χ0v) is 11.8. The van der Waals surface area contributed by atoms with Crippen LogP contribution in [0.15, 0.2) is 5.38 Å². The number of thiazole rings is 1. The number of rotatable bonds is 7. The number of ether oxygens (including phenoxy) is 1. The Morgan fingerprint density at radius 1 is 1.67 bits per heavy atom. The van der Waals surface area contributed by atoms with Crippen LogP contribution in [0.5, 0.6) is 0 Å². The van der Waals surface area contributed by atoms with Gasteiger partial charge in [0.2, 0.25) is 0 Å². The first-order valence-electron chi connectivity index (χ1n) is 5.91. The fourth-order valence-corrected chi connectivity index (χ4v) is 2.26. The molecular formula is C12H20N2O3S. The van der Waals surface area contributed by atoms with E-state index in [-0.39, 0.29) is 12.5 Å². The molecule has 0 aliphatic carbocycles. The molecule has 1 rings (SSSR count). The number of nitrogens with one attached hydrogen (secondary N) is 1. The van der Waals surface area contributed by atoms with Crippen molar-refractivity contribution < 1.29 is 14.6 Å². The fraction of sp³-hybridized carbons (Fsp3) is 0.667. The van der Waals surface area contributed by atoms with Crippen LogP contribution in [0.4, 0.5) is 0 Å². The molecule has 0 fully saturated rings. The van der Waals surface area contributed by atoms with E-state index in [0.717, 1.165) is 11.4 Å². The van der Waals surface area contributed by atoms with E-state index in [0.29, 0.717) is 18.7 Å². The van der Waals surface area contributed by atoms with Gasteiger partial charge in [-0.25, -0.2) is 4.98 Å². The van der Waals surface area contributed by atoms with Gasteiger partial charge in [0.25, 0.3) is 5.91 Å². The van der Waals surface area contributed by atoms with Gasteiger partial charge in [-0.15, -0.1) is 11.3 Å². The third kappa shape index (κ3) is 4.04. The summed E-state index contributed by atoms with van der Waals surface area (Å²) in [6.45, 7) is 4.37. The molecule has 0 aliphatic rings. The summed E-state index contributed by atoms with van der Waals surface area (Å²) in [4.78, 5) is 16.2. The van der Waals surface area contributed by atoms with E-state index < -0.39 is 5.54 Å². The van der Waals surface area contributed by atoms with Crippen molar-refractivity contribution in [2.45, 2.75) is 38.8 Å². The number of methoxy groups -OCH3 is 1. The minimum Gasteiger partial charge on any atom is -0.396 e. The number of aliphatic hydroxyl groups excluding tert-OH is 1. The highest BCUT2D eigenvalue weighted by Gasteiger charge is 2.25. The Balaban J connectivity index is 2.68.